The van der Waals surface area contributed by atoms with Gasteiger partial charge in [-0.05, 0) is 77.7 Å². The maximum Gasteiger partial charge on any atom is 0.159 e. The van der Waals surface area contributed by atoms with Crippen LogP contribution < -0.4 is 0 Å². The maximum atomic E-state index is 14.6. The summed E-state index contributed by atoms with van der Waals surface area (Å²) >= 11 is 0. The van der Waals surface area contributed by atoms with Crippen LogP contribution in [0.1, 0.15) is 34.2 Å². The average molecular weight is 454 g/mol. The number of hydrogen-bond acceptors (Lipinski definition) is 0. The van der Waals surface area contributed by atoms with E-state index in [-0.39, 0.29) is 11.1 Å². The molecule has 0 atom stereocenters. The van der Waals surface area contributed by atoms with Crippen LogP contribution in [0.3, 0.4) is 0 Å². The van der Waals surface area contributed by atoms with E-state index in [4.69, 9.17) is 0 Å². The monoisotopic (exact) mass is 454 g/mol. The number of halogens is 4. The zero-order chi connectivity index (χ0) is 24.1. The smallest absolute Gasteiger partial charge is 0.159 e. The van der Waals surface area contributed by atoms with Crippen LogP contribution in [0.25, 0.3) is 10.8 Å². The summed E-state index contributed by atoms with van der Waals surface area (Å²) in [6.45, 7) is 3.70. The molecule has 0 N–H and O–H groups in total. The predicted octanol–water partition coefficient (Wildman–Crippen LogP) is 7.31. The zero-order valence-corrected chi connectivity index (χ0v) is 18.1. The van der Waals surface area contributed by atoms with E-state index in [0.29, 0.717) is 16.3 Å². The van der Waals surface area contributed by atoms with Gasteiger partial charge in [0, 0.05) is 16.7 Å². The van der Waals surface area contributed by atoms with Gasteiger partial charge in [0.2, 0.25) is 0 Å². The highest BCUT2D eigenvalue weighted by Gasteiger charge is 2.09. The third-order valence-corrected chi connectivity index (χ3v) is 5.20. The summed E-state index contributed by atoms with van der Waals surface area (Å²) < 4.78 is 55.9. The number of aryl methyl sites for hydroxylation is 1. The minimum atomic E-state index is -0.977. The molecule has 4 rings (SSSR count). The van der Waals surface area contributed by atoms with Gasteiger partial charge in [-0.3, -0.25) is 0 Å². The SMILES string of the molecule is C=CCCc1ccc(C#Cc2cc(F)c(C#Cc3ccc4cc(F)c(F)cc4c3)c(F)c2)cc1. The topological polar surface area (TPSA) is 0 Å². The van der Waals surface area contributed by atoms with E-state index in [1.54, 1.807) is 12.1 Å². The third kappa shape index (κ3) is 5.37. The van der Waals surface area contributed by atoms with Crippen LogP contribution in [0.15, 0.2) is 79.4 Å². The first-order valence-corrected chi connectivity index (χ1v) is 10.5. The molecule has 166 valence electrons. The quantitative estimate of drug-likeness (QED) is 0.173. The Morgan fingerprint density at radius 1 is 0.588 bits per heavy atom. The van der Waals surface area contributed by atoms with Gasteiger partial charge < -0.3 is 0 Å². The molecule has 0 radical (unpaired) electrons. The van der Waals surface area contributed by atoms with Crippen LogP contribution in [0.2, 0.25) is 0 Å². The van der Waals surface area contributed by atoms with Crippen molar-refractivity contribution in [2.45, 2.75) is 12.8 Å². The highest BCUT2D eigenvalue weighted by molar-refractivity contribution is 5.84. The predicted molar refractivity (Wildman–Crippen MR) is 127 cm³/mol. The highest BCUT2D eigenvalue weighted by Crippen LogP contribution is 2.20. The lowest BCUT2D eigenvalue weighted by molar-refractivity contribution is 0.511. The van der Waals surface area contributed by atoms with Crippen LogP contribution in [-0.2, 0) is 6.42 Å². The summed E-state index contributed by atoms with van der Waals surface area (Å²) in [5, 5.41) is 0.933. The van der Waals surface area contributed by atoms with E-state index in [2.05, 4.69) is 30.3 Å². The molecule has 0 aliphatic heterocycles. The number of fused-ring (bicyclic) bond motifs is 1. The summed E-state index contributed by atoms with van der Waals surface area (Å²) in [7, 11) is 0. The van der Waals surface area contributed by atoms with E-state index < -0.39 is 23.3 Å². The maximum absolute atomic E-state index is 14.6. The first kappa shape index (κ1) is 22.9. The van der Waals surface area contributed by atoms with Gasteiger partial charge in [0.15, 0.2) is 11.6 Å². The summed E-state index contributed by atoms with van der Waals surface area (Å²) in [5.74, 6) is 7.27. The van der Waals surface area contributed by atoms with Crippen molar-refractivity contribution in [3.63, 3.8) is 0 Å². The number of allylic oxidation sites excluding steroid dienone is 1. The number of hydrogen-bond donors (Lipinski definition) is 0. The Balaban J connectivity index is 1.56. The van der Waals surface area contributed by atoms with E-state index in [1.807, 2.05) is 30.3 Å². The second-order valence-corrected chi connectivity index (χ2v) is 7.67. The normalized spacial score (nSPS) is 10.2. The summed E-state index contributed by atoms with van der Waals surface area (Å²) in [6, 6.07) is 16.7. The Morgan fingerprint density at radius 2 is 1.18 bits per heavy atom. The van der Waals surface area contributed by atoms with Crippen molar-refractivity contribution in [2.24, 2.45) is 0 Å². The second-order valence-electron chi connectivity index (χ2n) is 7.67. The summed E-state index contributed by atoms with van der Waals surface area (Å²) in [5.41, 5.74) is 2.12. The van der Waals surface area contributed by atoms with Crippen molar-refractivity contribution >= 4 is 10.8 Å². The van der Waals surface area contributed by atoms with Crippen LogP contribution in [0.4, 0.5) is 17.6 Å². The van der Waals surface area contributed by atoms with Gasteiger partial charge in [0.25, 0.3) is 0 Å². The molecule has 4 heteroatoms. The van der Waals surface area contributed by atoms with Gasteiger partial charge in [-0.15, -0.1) is 6.58 Å². The average Bonchev–Trinajstić information content (AvgIpc) is 2.82. The fourth-order valence-electron chi connectivity index (χ4n) is 3.39. The molecule has 0 amide bonds. The van der Waals surface area contributed by atoms with Gasteiger partial charge >= 0.3 is 0 Å². The van der Waals surface area contributed by atoms with Crippen LogP contribution in [0.5, 0.6) is 0 Å². The third-order valence-electron chi connectivity index (χ3n) is 5.20. The van der Waals surface area contributed by atoms with Gasteiger partial charge in [-0.2, -0.15) is 0 Å². The molecule has 0 heterocycles. The molecule has 0 fully saturated rings. The molecule has 4 aromatic rings. The Labute approximate surface area is 195 Å². The summed E-state index contributed by atoms with van der Waals surface area (Å²) in [6.07, 6.45) is 3.64. The van der Waals surface area contributed by atoms with E-state index in [1.165, 1.54) is 6.07 Å². The van der Waals surface area contributed by atoms with Gasteiger partial charge in [0.05, 0.1) is 5.56 Å². The van der Waals surface area contributed by atoms with Crippen molar-refractivity contribution in [1.82, 2.24) is 0 Å². The van der Waals surface area contributed by atoms with Gasteiger partial charge in [-0.25, -0.2) is 17.6 Å². The van der Waals surface area contributed by atoms with E-state index in [9.17, 15) is 17.6 Å². The minimum Gasteiger partial charge on any atom is -0.205 e. The number of rotatable bonds is 3. The Bertz CT molecular complexity index is 1480. The van der Waals surface area contributed by atoms with Crippen LogP contribution in [0, 0.1) is 47.0 Å². The molecule has 0 nitrogen and oxygen atoms in total. The van der Waals surface area contributed by atoms with E-state index >= 15 is 0 Å². The minimum absolute atomic E-state index is 0.194. The van der Waals surface area contributed by atoms with Crippen molar-refractivity contribution < 1.29 is 17.6 Å². The molecule has 0 saturated heterocycles. The Hall–Kier alpha value is -4.28. The highest BCUT2D eigenvalue weighted by atomic mass is 19.2. The van der Waals surface area contributed by atoms with Crippen LogP contribution in [-0.4, -0.2) is 0 Å². The molecule has 0 aliphatic rings. The molecule has 0 spiro atoms. The molecule has 0 saturated carbocycles. The molecule has 34 heavy (non-hydrogen) atoms. The molecule has 0 bridgehead atoms. The summed E-state index contributed by atoms with van der Waals surface area (Å²) in [4.78, 5) is 0. The standard InChI is InChI=1S/C30H18F4/c1-2-3-4-20-5-7-21(8-6-20)9-10-23-16-27(31)26(28(32)17-23)14-12-22-11-13-24-18-29(33)30(34)19-25(24)15-22/h2,5-8,11,13,15-19H,1,3-4H2. The Morgan fingerprint density at radius 3 is 1.85 bits per heavy atom. The second kappa shape index (κ2) is 10.1. The lowest BCUT2D eigenvalue weighted by Crippen LogP contribution is -1.93. The molecular formula is C30H18F4. The van der Waals surface area contributed by atoms with Crippen molar-refractivity contribution in [1.29, 1.82) is 0 Å². The van der Waals surface area contributed by atoms with Crippen molar-refractivity contribution in [2.75, 3.05) is 0 Å². The van der Waals surface area contributed by atoms with Crippen molar-refractivity contribution in [3.05, 3.63) is 130 Å². The lowest BCUT2D eigenvalue weighted by atomic mass is 10.1. The Kier molecular flexibility index (Phi) is 6.81. The molecule has 0 aromatic heterocycles. The first-order valence-electron chi connectivity index (χ1n) is 10.5. The zero-order valence-electron chi connectivity index (χ0n) is 18.1. The fraction of sp³-hybridized carbons (Fsp3) is 0.0667. The number of benzene rings is 4. The van der Waals surface area contributed by atoms with Crippen molar-refractivity contribution in [3.8, 4) is 23.7 Å². The molecule has 0 aliphatic carbocycles. The molecular weight excluding hydrogens is 436 g/mol. The first-order chi connectivity index (χ1) is 16.4. The van der Waals surface area contributed by atoms with Crippen LogP contribution >= 0.6 is 0 Å². The molecule has 4 aromatic carbocycles. The molecule has 0 unspecified atom stereocenters. The van der Waals surface area contributed by atoms with Gasteiger partial charge in [0.1, 0.15) is 11.6 Å². The van der Waals surface area contributed by atoms with E-state index in [0.717, 1.165) is 48.2 Å². The van der Waals surface area contributed by atoms with Gasteiger partial charge in [-0.1, -0.05) is 48.0 Å². The lowest BCUT2D eigenvalue weighted by Gasteiger charge is -2.01. The fourth-order valence-corrected chi connectivity index (χ4v) is 3.39. The largest absolute Gasteiger partial charge is 0.205 e.